The Hall–Kier alpha value is -2.86. The van der Waals surface area contributed by atoms with E-state index in [1.54, 1.807) is 6.20 Å². The fraction of sp³-hybridized carbons (Fsp3) is 0.200. The maximum atomic E-state index is 13.7. The first-order chi connectivity index (χ1) is 12.6. The highest BCUT2D eigenvalue weighted by Gasteiger charge is 2.21. The molecule has 132 valence electrons. The minimum Gasteiger partial charge on any atom is -0.340 e. The maximum Gasteiger partial charge on any atom is 0.128 e. The monoisotopic (exact) mass is 352 g/mol. The third kappa shape index (κ3) is 3.28. The summed E-state index contributed by atoms with van der Waals surface area (Å²) in [5, 5.41) is 8.10. The molecule has 4 nitrogen and oxygen atoms in total. The van der Waals surface area contributed by atoms with E-state index in [9.17, 15) is 8.78 Å². The Kier molecular flexibility index (Phi) is 4.34. The fourth-order valence-corrected chi connectivity index (χ4v) is 3.31. The quantitative estimate of drug-likeness (QED) is 0.698. The van der Waals surface area contributed by atoms with Gasteiger partial charge in [0.1, 0.15) is 11.6 Å². The van der Waals surface area contributed by atoms with Crippen molar-refractivity contribution < 1.29 is 8.78 Å². The van der Waals surface area contributed by atoms with Crippen LogP contribution >= 0.6 is 0 Å². The molecule has 4 rings (SSSR count). The molecule has 0 radical (unpaired) electrons. The van der Waals surface area contributed by atoms with E-state index in [2.05, 4.69) is 21.2 Å². The van der Waals surface area contributed by atoms with Gasteiger partial charge < -0.3 is 9.80 Å². The number of anilines is 2. The summed E-state index contributed by atoms with van der Waals surface area (Å²) in [6, 6.07) is 13.4. The van der Waals surface area contributed by atoms with Crippen LogP contribution in [-0.2, 0) is 6.54 Å². The molecule has 0 bridgehead atoms. The van der Waals surface area contributed by atoms with Crippen LogP contribution in [0.2, 0.25) is 0 Å². The van der Waals surface area contributed by atoms with Gasteiger partial charge in [0.05, 0.1) is 5.69 Å². The molecule has 0 aliphatic carbocycles. The molecule has 3 aromatic rings. The van der Waals surface area contributed by atoms with E-state index >= 15 is 0 Å². The van der Waals surface area contributed by atoms with Crippen molar-refractivity contribution in [2.24, 2.45) is 0 Å². The van der Waals surface area contributed by atoms with Gasteiger partial charge in [-0.15, -0.1) is 0 Å². The minimum atomic E-state index is -0.574. The lowest BCUT2D eigenvalue weighted by molar-refractivity contribution is 0.343. The molecule has 2 heterocycles. The number of halogens is 2. The molecule has 0 saturated carbocycles. The second-order valence-electron chi connectivity index (χ2n) is 6.47. The molecule has 26 heavy (non-hydrogen) atoms. The molecule has 1 aliphatic heterocycles. The highest BCUT2D eigenvalue weighted by Crippen LogP contribution is 2.34. The van der Waals surface area contributed by atoms with Crippen molar-refractivity contribution in [3.8, 4) is 11.3 Å². The Morgan fingerprint density at radius 2 is 1.77 bits per heavy atom. The zero-order valence-corrected chi connectivity index (χ0v) is 14.4. The largest absolute Gasteiger partial charge is 0.340 e. The molecule has 2 aromatic carbocycles. The average molecular weight is 352 g/mol. The van der Waals surface area contributed by atoms with Crippen LogP contribution in [0, 0.1) is 11.6 Å². The van der Waals surface area contributed by atoms with Crippen LogP contribution in [-0.4, -0.2) is 35.2 Å². The average Bonchev–Trinajstić information content (AvgIpc) is 2.79. The van der Waals surface area contributed by atoms with Crippen molar-refractivity contribution in [2.45, 2.75) is 6.54 Å². The van der Waals surface area contributed by atoms with E-state index < -0.39 is 11.6 Å². The van der Waals surface area contributed by atoms with Crippen molar-refractivity contribution in [2.75, 3.05) is 25.0 Å². The fourth-order valence-electron chi connectivity index (χ4n) is 3.31. The van der Waals surface area contributed by atoms with Gasteiger partial charge >= 0.3 is 0 Å². The van der Waals surface area contributed by atoms with Crippen LogP contribution in [0.25, 0.3) is 11.3 Å². The highest BCUT2D eigenvalue weighted by molar-refractivity contribution is 5.72. The molecule has 0 unspecified atom stereocenters. The van der Waals surface area contributed by atoms with Gasteiger partial charge in [-0.25, -0.2) is 8.78 Å². The predicted molar refractivity (Wildman–Crippen MR) is 97.2 cm³/mol. The molecular weight excluding hydrogens is 334 g/mol. The Labute approximate surface area is 150 Å². The van der Waals surface area contributed by atoms with Crippen molar-refractivity contribution in [3.63, 3.8) is 0 Å². The van der Waals surface area contributed by atoms with Gasteiger partial charge in [-0.2, -0.15) is 10.2 Å². The highest BCUT2D eigenvalue weighted by atomic mass is 19.1. The zero-order chi connectivity index (χ0) is 18.1. The van der Waals surface area contributed by atoms with Gasteiger partial charge in [-0.1, -0.05) is 6.07 Å². The molecular formula is C20H18F2N4. The number of rotatable bonds is 2. The Balaban J connectivity index is 1.80. The number of hydrogen-bond acceptors (Lipinski definition) is 4. The lowest BCUT2D eigenvalue weighted by atomic mass is 10.0. The molecule has 6 heteroatoms. The smallest absolute Gasteiger partial charge is 0.128 e. The SMILES string of the molecule is CN1CCN(c2cc(F)cc(F)c2)c2ccc(-c3cccnn3)cc2C1. The summed E-state index contributed by atoms with van der Waals surface area (Å²) in [6.45, 7) is 2.18. The van der Waals surface area contributed by atoms with Crippen molar-refractivity contribution >= 4 is 11.4 Å². The van der Waals surface area contributed by atoms with Crippen molar-refractivity contribution in [1.82, 2.24) is 15.1 Å². The number of fused-ring (bicyclic) bond motifs is 1. The van der Waals surface area contributed by atoms with Crippen LogP contribution in [0.5, 0.6) is 0 Å². The van der Waals surface area contributed by atoms with Gasteiger partial charge in [0.25, 0.3) is 0 Å². The third-order valence-electron chi connectivity index (χ3n) is 4.54. The molecule has 0 fully saturated rings. The third-order valence-corrected chi connectivity index (χ3v) is 4.54. The van der Waals surface area contributed by atoms with E-state index in [-0.39, 0.29) is 0 Å². The summed E-state index contributed by atoms with van der Waals surface area (Å²) in [6.07, 6.45) is 1.64. The molecule has 0 amide bonds. The van der Waals surface area contributed by atoms with Crippen molar-refractivity contribution in [3.05, 3.63) is 71.9 Å². The van der Waals surface area contributed by atoms with E-state index in [4.69, 9.17) is 0 Å². The summed E-state index contributed by atoms with van der Waals surface area (Å²) in [4.78, 5) is 4.15. The molecule has 1 aliphatic rings. The molecule has 0 spiro atoms. The van der Waals surface area contributed by atoms with Crippen LogP contribution in [0.15, 0.2) is 54.7 Å². The Bertz CT molecular complexity index is 910. The van der Waals surface area contributed by atoms with Crippen LogP contribution in [0.3, 0.4) is 0 Å². The number of hydrogen-bond donors (Lipinski definition) is 0. The predicted octanol–water partition coefficient (Wildman–Crippen LogP) is 4.01. The van der Waals surface area contributed by atoms with Gasteiger partial charge in [-0.05, 0) is 49.0 Å². The van der Waals surface area contributed by atoms with Gasteiger partial charge in [0.2, 0.25) is 0 Å². The van der Waals surface area contributed by atoms with E-state index in [1.807, 2.05) is 36.2 Å². The second-order valence-corrected chi connectivity index (χ2v) is 6.47. The number of nitrogens with zero attached hydrogens (tertiary/aromatic N) is 4. The second kappa shape index (κ2) is 6.80. The minimum absolute atomic E-state index is 0.520. The number of aromatic nitrogens is 2. The first kappa shape index (κ1) is 16.6. The molecule has 0 saturated heterocycles. The Morgan fingerprint density at radius 3 is 2.50 bits per heavy atom. The van der Waals surface area contributed by atoms with Crippen LogP contribution in [0.4, 0.5) is 20.2 Å². The summed E-state index contributed by atoms with van der Waals surface area (Å²) in [7, 11) is 2.04. The lowest BCUT2D eigenvalue weighted by Crippen LogP contribution is -2.26. The standard InChI is InChI=1S/C20H18F2N4/c1-25-7-8-26(18-11-16(21)10-17(22)12-18)20-5-4-14(9-15(20)13-25)19-3-2-6-23-24-19/h2-6,9-12H,7-8,13H2,1H3. The molecule has 0 N–H and O–H groups in total. The first-order valence-electron chi connectivity index (χ1n) is 8.43. The maximum absolute atomic E-state index is 13.7. The van der Waals surface area contributed by atoms with Crippen molar-refractivity contribution in [1.29, 1.82) is 0 Å². The number of benzene rings is 2. The summed E-state index contributed by atoms with van der Waals surface area (Å²) in [5.41, 5.74) is 4.32. The molecule has 0 atom stereocenters. The molecule has 1 aromatic heterocycles. The topological polar surface area (TPSA) is 32.3 Å². The summed E-state index contributed by atoms with van der Waals surface area (Å²) < 4.78 is 27.5. The van der Waals surface area contributed by atoms with Crippen LogP contribution < -0.4 is 4.90 Å². The lowest BCUT2D eigenvalue weighted by Gasteiger charge is -2.25. The number of likely N-dealkylation sites (N-methyl/N-ethyl adjacent to an activating group) is 1. The zero-order valence-electron chi connectivity index (χ0n) is 14.4. The summed E-state index contributed by atoms with van der Waals surface area (Å²) in [5.74, 6) is -1.15. The van der Waals surface area contributed by atoms with Gasteiger partial charge in [-0.3, -0.25) is 0 Å². The van der Waals surface area contributed by atoms with Crippen LogP contribution in [0.1, 0.15) is 5.56 Å². The summed E-state index contributed by atoms with van der Waals surface area (Å²) >= 11 is 0. The van der Waals surface area contributed by atoms with E-state index in [0.717, 1.165) is 41.7 Å². The van der Waals surface area contributed by atoms with Gasteiger partial charge in [0.15, 0.2) is 0 Å². The normalized spacial score (nSPS) is 14.8. The van der Waals surface area contributed by atoms with E-state index in [0.29, 0.717) is 12.2 Å². The van der Waals surface area contributed by atoms with Gasteiger partial charge in [0, 0.05) is 48.8 Å². The Morgan fingerprint density at radius 1 is 0.962 bits per heavy atom. The van der Waals surface area contributed by atoms with E-state index in [1.165, 1.54) is 12.1 Å². The first-order valence-corrected chi connectivity index (χ1v) is 8.43.